The SMILES string of the molecule is CCCCOc1ccc(C2c3c(-c4ccc(OC)cc4)n[nH]c3C(=O)N2Cc2ccc(OC)cc2)cc1OC. The van der Waals surface area contributed by atoms with Gasteiger partial charge >= 0.3 is 0 Å². The van der Waals surface area contributed by atoms with Crippen molar-refractivity contribution in [1.82, 2.24) is 15.1 Å². The van der Waals surface area contributed by atoms with Gasteiger partial charge in [0.05, 0.1) is 39.7 Å². The van der Waals surface area contributed by atoms with Crippen LogP contribution < -0.4 is 18.9 Å². The summed E-state index contributed by atoms with van der Waals surface area (Å²) in [6, 6.07) is 20.9. The number of nitrogens with one attached hydrogen (secondary N) is 1. The molecule has 1 aliphatic heterocycles. The van der Waals surface area contributed by atoms with Crippen molar-refractivity contribution in [2.24, 2.45) is 0 Å². The van der Waals surface area contributed by atoms with Crippen LogP contribution >= 0.6 is 0 Å². The van der Waals surface area contributed by atoms with Crippen LogP contribution in [-0.2, 0) is 6.54 Å². The lowest BCUT2D eigenvalue weighted by molar-refractivity contribution is 0.0730. The van der Waals surface area contributed by atoms with E-state index < -0.39 is 0 Å². The van der Waals surface area contributed by atoms with Gasteiger partial charge in [0.2, 0.25) is 0 Å². The van der Waals surface area contributed by atoms with Gasteiger partial charge in [0.1, 0.15) is 17.2 Å². The van der Waals surface area contributed by atoms with Gasteiger partial charge in [-0.25, -0.2) is 0 Å². The zero-order valence-electron chi connectivity index (χ0n) is 22.7. The molecule has 1 atom stereocenters. The Labute approximate surface area is 228 Å². The maximum Gasteiger partial charge on any atom is 0.273 e. The average molecular weight is 528 g/mol. The third-order valence-corrected chi connectivity index (χ3v) is 7.00. The normalized spacial score (nSPS) is 14.3. The molecule has 0 saturated carbocycles. The van der Waals surface area contributed by atoms with Crippen LogP contribution in [0.15, 0.2) is 66.7 Å². The highest BCUT2D eigenvalue weighted by Crippen LogP contribution is 2.45. The van der Waals surface area contributed by atoms with Gasteiger partial charge in [-0.05, 0) is 66.1 Å². The van der Waals surface area contributed by atoms with Crippen molar-refractivity contribution >= 4 is 5.91 Å². The quantitative estimate of drug-likeness (QED) is 0.240. The molecule has 8 nitrogen and oxygen atoms in total. The minimum atomic E-state index is -0.385. The molecule has 0 bridgehead atoms. The van der Waals surface area contributed by atoms with Crippen LogP contribution in [0.25, 0.3) is 11.3 Å². The van der Waals surface area contributed by atoms with Crippen LogP contribution in [0.1, 0.15) is 53.0 Å². The van der Waals surface area contributed by atoms with Crippen molar-refractivity contribution < 1.29 is 23.7 Å². The molecule has 1 aromatic heterocycles. The lowest BCUT2D eigenvalue weighted by Gasteiger charge is -2.27. The third kappa shape index (κ3) is 5.14. The second-order valence-corrected chi connectivity index (χ2v) is 9.39. The van der Waals surface area contributed by atoms with Gasteiger partial charge in [0.15, 0.2) is 11.5 Å². The Balaban J connectivity index is 1.58. The van der Waals surface area contributed by atoms with Crippen LogP contribution in [0.2, 0.25) is 0 Å². The van der Waals surface area contributed by atoms with Crippen LogP contribution in [0.3, 0.4) is 0 Å². The van der Waals surface area contributed by atoms with E-state index in [-0.39, 0.29) is 11.9 Å². The van der Waals surface area contributed by atoms with Gasteiger partial charge < -0.3 is 23.8 Å². The van der Waals surface area contributed by atoms with Crippen molar-refractivity contribution in [2.45, 2.75) is 32.4 Å². The Kier molecular flexibility index (Phi) is 7.72. The molecule has 0 radical (unpaired) electrons. The summed E-state index contributed by atoms with van der Waals surface area (Å²) in [6.07, 6.45) is 2.00. The average Bonchev–Trinajstić information content (AvgIpc) is 3.52. The highest BCUT2D eigenvalue weighted by Gasteiger charge is 2.42. The van der Waals surface area contributed by atoms with Crippen LogP contribution in [-0.4, -0.2) is 48.9 Å². The smallest absolute Gasteiger partial charge is 0.273 e. The molecule has 3 aromatic carbocycles. The molecule has 39 heavy (non-hydrogen) atoms. The van der Waals surface area contributed by atoms with Gasteiger partial charge in [-0.15, -0.1) is 0 Å². The second kappa shape index (κ2) is 11.5. The van der Waals surface area contributed by atoms with Crippen molar-refractivity contribution in [2.75, 3.05) is 27.9 Å². The fourth-order valence-electron chi connectivity index (χ4n) is 4.90. The first-order valence-corrected chi connectivity index (χ1v) is 13.0. The third-order valence-electron chi connectivity index (χ3n) is 7.00. The van der Waals surface area contributed by atoms with E-state index in [0.717, 1.165) is 52.3 Å². The first-order chi connectivity index (χ1) is 19.1. The number of hydrogen-bond acceptors (Lipinski definition) is 6. The standard InChI is InChI=1S/C31H33N3O5/c1-5-6-17-39-25-16-11-22(18-26(25)38-4)30-27-28(21-9-14-24(37-3)15-10-21)32-33-29(27)31(35)34(30)19-20-7-12-23(36-2)13-8-20/h7-16,18,30H,5-6,17,19H2,1-4H3,(H,32,33). The Hall–Kier alpha value is -4.46. The summed E-state index contributed by atoms with van der Waals surface area (Å²) in [7, 11) is 4.90. The minimum absolute atomic E-state index is 0.111. The van der Waals surface area contributed by atoms with Gasteiger partial charge in [-0.2, -0.15) is 5.10 Å². The molecular weight excluding hydrogens is 494 g/mol. The lowest BCUT2D eigenvalue weighted by Crippen LogP contribution is -2.29. The molecule has 0 spiro atoms. The monoisotopic (exact) mass is 527 g/mol. The number of amides is 1. The summed E-state index contributed by atoms with van der Waals surface area (Å²) >= 11 is 0. The maximum absolute atomic E-state index is 13.8. The molecule has 0 fully saturated rings. The number of H-pyrrole nitrogens is 1. The minimum Gasteiger partial charge on any atom is -0.497 e. The van der Waals surface area contributed by atoms with Crippen LogP contribution in [0, 0.1) is 0 Å². The fourth-order valence-corrected chi connectivity index (χ4v) is 4.90. The van der Waals surface area contributed by atoms with E-state index in [9.17, 15) is 4.79 Å². The Morgan fingerprint density at radius 2 is 1.56 bits per heavy atom. The lowest BCUT2D eigenvalue weighted by atomic mass is 9.95. The summed E-state index contributed by atoms with van der Waals surface area (Å²) in [5.41, 5.74) is 4.84. The summed E-state index contributed by atoms with van der Waals surface area (Å²) in [4.78, 5) is 15.7. The van der Waals surface area contributed by atoms with E-state index in [2.05, 4.69) is 17.1 Å². The molecule has 0 aliphatic carbocycles. The number of nitrogens with zero attached hydrogens (tertiary/aromatic N) is 2. The predicted molar refractivity (Wildman–Crippen MR) is 149 cm³/mol. The highest BCUT2D eigenvalue weighted by atomic mass is 16.5. The number of fused-ring (bicyclic) bond motifs is 1. The molecule has 0 saturated heterocycles. The zero-order valence-corrected chi connectivity index (χ0v) is 22.7. The molecular formula is C31H33N3O5. The van der Waals surface area contributed by atoms with Gasteiger partial charge in [0, 0.05) is 17.7 Å². The largest absolute Gasteiger partial charge is 0.497 e. The van der Waals surface area contributed by atoms with E-state index in [1.807, 2.05) is 71.6 Å². The Bertz CT molecular complexity index is 1430. The highest BCUT2D eigenvalue weighted by molar-refractivity contribution is 6.00. The number of hydrogen-bond donors (Lipinski definition) is 1. The second-order valence-electron chi connectivity index (χ2n) is 9.39. The number of unbranched alkanes of at least 4 members (excludes halogenated alkanes) is 1. The maximum atomic E-state index is 13.8. The number of ether oxygens (including phenoxy) is 4. The van der Waals surface area contributed by atoms with Gasteiger partial charge in [0.25, 0.3) is 5.91 Å². The molecule has 1 amide bonds. The first kappa shape index (κ1) is 26.2. The predicted octanol–water partition coefficient (Wildman–Crippen LogP) is 6.03. The molecule has 8 heteroatoms. The molecule has 2 heterocycles. The van der Waals surface area contributed by atoms with Crippen molar-refractivity contribution in [3.63, 3.8) is 0 Å². The molecule has 5 rings (SSSR count). The van der Waals surface area contributed by atoms with E-state index in [1.165, 1.54) is 0 Å². The summed E-state index contributed by atoms with van der Waals surface area (Å²) in [6.45, 7) is 3.15. The van der Waals surface area contributed by atoms with Crippen molar-refractivity contribution in [3.8, 4) is 34.3 Å². The number of rotatable bonds is 11. The molecule has 4 aromatic rings. The molecule has 1 aliphatic rings. The van der Waals surface area contributed by atoms with Gasteiger partial charge in [-0.1, -0.05) is 31.5 Å². The fraction of sp³-hybridized carbons (Fsp3) is 0.290. The summed E-state index contributed by atoms with van der Waals surface area (Å²) < 4.78 is 22.3. The van der Waals surface area contributed by atoms with Crippen molar-refractivity contribution in [3.05, 3.63) is 89.1 Å². The number of benzene rings is 3. The number of carbonyl (C=O) groups is 1. The molecule has 202 valence electrons. The topological polar surface area (TPSA) is 85.9 Å². The number of aromatic amines is 1. The number of aromatic nitrogens is 2. The number of carbonyl (C=O) groups excluding carboxylic acids is 1. The van der Waals surface area contributed by atoms with Gasteiger partial charge in [-0.3, -0.25) is 9.89 Å². The first-order valence-electron chi connectivity index (χ1n) is 13.0. The Morgan fingerprint density at radius 3 is 2.21 bits per heavy atom. The summed E-state index contributed by atoms with van der Waals surface area (Å²) in [5.74, 6) is 2.72. The van der Waals surface area contributed by atoms with Crippen LogP contribution in [0.5, 0.6) is 23.0 Å². The molecule has 1 unspecified atom stereocenters. The zero-order chi connectivity index (χ0) is 27.4. The molecule has 1 N–H and O–H groups in total. The summed E-state index contributed by atoms with van der Waals surface area (Å²) in [5, 5.41) is 7.60. The van der Waals surface area contributed by atoms with Crippen molar-refractivity contribution in [1.29, 1.82) is 0 Å². The van der Waals surface area contributed by atoms with E-state index in [1.54, 1.807) is 21.3 Å². The van der Waals surface area contributed by atoms with E-state index in [4.69, 9.17) is 18.9 Å². The number of methoxy groups -OCH3 is 3. The van der Waals surface area contributed by atoms with Crippen LogP contribution in [0.4, 0.5) is 0 Å². The van der Waals surface area contributed by atoms with E-state index >= 15 is 0 Å². The Morgan fingerprint density at radius 1 is 0.872 bits per heavy atom. The van der Waals surface area contributed by atoms with E-state index in [0.29, 0.717) is 30.3 Å².